The van der Waals surface area contributed by atoms with Crippen molar-refractivity contribution in [3.05, 3.63) is 41.7 Å². The minimum atomic E-state index is -3.36. The SMILES string of the molecule is CC[C@H](CC(=O)[C@H](Cc1ncn[nH]1)N[C@@H](c1ccc(F)c(OC2CCC2)c1)C(C)(F)F)C(=O)C(=O)CC1CC1. The van der Waals surface area contributed by atoms with Gasteiger partial charge in [0.2, 0.25) is 5.78 Å². The lowest BCUT2D eigenvalue weighted by Crippen LogP contribution is -2.47. The summed E-state index contributed by atoms with van der Waals surface area (Å²) in [6, 6.07) is 0.700. The van der Waals surface area contributed by atoms with Gasteiger partial charge in [0.25, 0.3) is 5.92 Å². The molecule has 0 unspecified atom stereocenters. The number of ether oxygens (including phenoxy) is 1. The molecule has 0 spiro atoms. The van der Waals surface area contributed by atoms with Gasteiger partial charge in [-0.3, -0.25) is 24.8 Å². The van der Waals surface area contributed by atoms with Crippen molar-refractivity contribution in [2.75, 3.05) is 0 Å². The van der Waals surface area contributed by atoms with E-state index in [1.165, 1.54) is 18.5 Å². The molecule has 3 atom stereocenters. The molecule has 2 aromatic rings. The van der Waals surface area contributed by atoms with Gasteiger partial charge < -0.3 is 4.74 Å². The first-order valence-corrected chi connectivity index (χ1v) is 13.6. The predicted octanol–water partition coefficient (Wildman–Crippen LogP) is 4.70. The van der Waals surface area contributed by atoms with Crippen LogP contribution in [0.25, 0.3) is 0 Å². The highest BCUT2D eigenvalue weighted by atomic mass is 19.3. The van der Waals surface area contributed by atoms with Crippen molar-refractivity contribution in [1.82, 2.24) is 20.5 Å². The molecule has 1 aromatic heterocycles. The molecule has 1 aromatic carbocycles. The van der Waals surface area contributed by atoms with Crippen molar-refractivity contribution in [3.63, 3.8) is 0 Å². The molecule has 8 nitrogen and oxygen atoms in total. The molecule has 4 rings (SSSR count). The Morgan fingerprint density at radius 1 is 1.21 bits per heavy atom. The van der Waals surface area contributed by atoms with Crippen molar-refractivity contribution in [2.24, 2.45) is 11.8 Å². The third-order valence-electron chi connectivity index (χ3n) is 7.52. The summed E-state index contributed by atoms with van der Waals surface area (Å²) in [6.45, 7) is 2.43. The molecule has 2 N–H and O–H groups in total. The van der Waals surface area contributed by atoms with Crippen LogP contribution in [0.1, 0.15) is 82.6 Å². The highest BCUT2D eigenvalue weighted by molar-refractivity contribution is 6.38. The molecule has 0 bridgehead atoms. The normalized spacial score (nSPS) is 18.2. The van der Waals surface area contributed by atoms with Crippen LogP contribution in [0.4, 0.5) is 13.2 Å². The van der Waals surface area contributed by atoms with Gasteiger partial charge >= 0.3 is 0 Å². The molecule has 1 heterocycles. The second-order valence-electron chi connectivity index (χ2n) is 10.8. The number of H-pyrrole nitrogens is 1. The van der Waals surface area contributed by atoms with Crippen LogP contribution in [-0.4, -0.2) is 50.6 Å². The third-order valence-corrected chi connectivity index (χ3v) is 7.52. The van der Waals surface area contributed by atoms with E-state index in [9.17, 15) is 27.6 Å². The smallest absolute Gasteiger partial charge is 0.264 e. The maximum Gasteiger partial charge on any atom is 0.264 e. The molecule has 2 saturated carbocycles. The molecule has 2 fully saturated rings. The number of Topliss-reactive ketones (excluding diaryl/α,β-unsaturated/α-hetero) is 3. The van der Waals surface area contributed by atoms with E-state index in [0.717, 1.165) is 38.2 Å². The molecule has 39 heavy (non-hydrogen) atoms. The van der Waals surface area contributed by atoms with Crippen LogP contribution in [0.15, 0.2) is 24.5 Å². The number of carbonyl (C=O) groups is 3. The lowest BCUT2D eigenvalue weighted by Gasteiger charge is -2.31. The van der Waals surface area contributed by atoms with Crippen LogP contribution in [0, 0.1) is 17.7 Å². The molecular weight excluding hydrogens is 513 g/mol. The van der Waals surface area contributed by atoms with Gasteiger partial charge in [-0.1, -0.05) is 13.0 Å². The summed E-state index contributed by atoms with van der Waals surface area (Å²) in [6.07, 6.45) is 5.49. The van der Waals surface area contributed by atoms with Gasteiger partial charge in [0, 0.05) is 32.1 Å². The number of alkyl halides is 2. The maximum absolute atomic E-state index is 15.0. The van der Waals surface area contributed by atoms with Crippen molar-refractivity contribution in [1.29, 1.82) is 0 Å². The second-order valence-corrected chi connectivity index (χ2v) is 10.8. The van der Waals surface area contributed by atoms with Crippen LogP contribution in [0.2, 0.25) is 0 Å². The number of ketones is 3. The van der Waals surface area contributed by atoms with Gasteiger partial charge in [0.05, 0.1) is 18.2 Å². The quantitative estimate of drug-likeness (QED) is 0.293. The second kappa shape index (κ2) is 12.4. The number of aromatic amines is 1. The fourth-order valence-corrected chi connectivity index (χ4v) is 4.70. The Bertz CT molecular complexity index is 1160. The van der Waals surface area contributed by atoms with Crippen LogP contribution in [0.5, 0.6) is 5.75 Å². The fraction of sp³-hybridized carbons (Fsp3) is 0.607. The zero-order chi connectivity index (χ0) is 28.2. The Morgan fingerprint density at radius 3 is 2.51 bits per heavy atom. The number of rotatable bonds is 16. The lowest BCUT2D eigenvalue weighted by atomic mass is 9.88. The maximum atomic E-state index is 15.0. The third kappa shape index (κ3) is 7.74. The Balaban J connectivity index is 1.55. The summed E-state index contributed by atoms with van der Waals surface area (Å²) in [4.78, 5) is 42.7. The van der Waals surface area contributed by atoms with Gasteiger partial charge in [-0.15, -0.1) is 0 Å². The summed E-state index contributed by atoms with van der Waals surface area (Å²) in [7, 11) is 0. The number of halogens is 3. The highest BCUT2D eigenvalue weighted by Crippen LogP contribution is 2.36. The summed E-state index contributed by atoms with van der Waals surface area (Å²) in [5.74, 6) is -6.02. The number of nitrogens with zero attached hydrogens (tertiary/aromatic N) is 2. The van der Waals surface area contributed by atoms with Crippen molar-refractivity contribution < 1.29 is 32.3 Å². The largest absolute Gasteiger partial charge is 0.487 e. The number of nitrogens with one attached hydrogen (secondary N) is 2. The molecule has 0 saturated heterocycles. The van der Waals surface area contributed by atoms with Crippen molar-refractivity contribution in [2.45, 2.75) is 95.7 Å². The van der Waals surface area contributed by atoms with Crippen LogP contribution >= 0.6 is 0 Å². The average Bonchev–Trinajstić information content (AvgIpc) is 3.52. The zero-order valence-electron chi connectivity index (χ0n) is 22.2. The van der Waals surface area contributed by atoms with Crippen LogP contribution in [-0.2, 0) is 20.8 Å². The molecular formula is C28H35F3N4O4. The summed E-state index contributed by atoms with van der Waals surface area (Å²) >= 11 is 0. The van der Waals surface area contributed by atoms with Crippen molar-refractivity contribution >= 4 is 17.3 Å². The number of carbonyl (C=O) groups excluding carboxylic acids is 3. The molecule has 0 radical (unpaired) electrons. The minimum Gasteiger partial charge on any atom is -0.487 e. The van der Waals surface area contributed by atoms with Gasteiger partial charge in [0.15, 0.2) is 23.1 Å². The summed E-state index contributed by atoms with van der Waals surface area (Å²) < 4.78 is 50.1. The Hall–Kier alpha value is -3.08. The van der Waals surface area contributed by atoms with E-state index in [4.69, 9.17) is 4.74 Å². The van der Waals surface area contributed by atoms with E-state index < -0.39 is 47.1 Å². The Labute approximate surface area is 225 Å². The van der Waals surface area contributed by atoms with Crippen molar-refractivity contribution in [3.8, 4) is 5.75 Å². The lowest BCUT2D eigenvalue weighted by molar-refractivity contribution is -0.140. The van der Waals surface area contributed by atoms with E-state index >= 15 is 0 Å². The van der Waals surface area contributed by atoms with Gasteiger partial charge in [0.1, 0.15) is 12.2 Å². The number of hydrogen-bond acceptors (Lipinski definition) is 7. The first kappa shape index (κ1) is 28.9. The molecule has 0 amide bonds. The Kier molecular flexibility index (Phi) is 9.19. The topological polar surface area (TPSA) is 114 Å². The van der Waals surface area contributed by atoms with Crippen LogP contribution < -0.4 is 10.1 Å². The van der Waals surface area contributed by atoms with E-state index in [-0.39, 0.29) is 54.8 Å². The molecule has 2 aliphatic rings. The minimum absolute atomic E-state index is 0.0522. The highest BCUT2D eigenvalue weighted by Gasteiger charge is 2.40. The summed E-state index contributed by atoms with van der Waals surface area (Å²) in [5.41, 5.74) is 0.0522. The summed E-state index contributed by atoms with van der Waals surface area (Å²) in [5, 5.41) is 9.15. The van der Waals surface area contributed by atoms with Gasteiger partial charge in [-0.25, -0.2) is 18.2 Å². The average molecular weight is 549 g/mol. The first-order valence-electron chi connectivity index (χ1n) is 13.6. The van der Waals surface area contributed by atoms with E-state index in [1.807, 2.05) is 0 Å². The van der Waals surface area contributed by atoms with E-state index in [0.29, 0.717) is 6.92 Å². The molecule has 2 aliphatic carbocycles. The predicted molar refractivity (Wildman–Crippen MR) is 136 cm³/mol. The van der Waals surface area contributed by atoms with Gasteiger partial charge in [-0.2, -0.15) is 5.10 Å². The fourth-order valence-electron chi connectivity index (χ4n) is 4.70. The van der Waals surface area contributed by atoms with Crippen LogP contribution in [0.3, 0.4) is 0 Å². The number of hydrogen-bond donors (Lipinski definition) is 2. The zero-order valence-corrected chi connectivity index (χ0v) is 22.2. The number of aromatic nitrogens is 3. The number of benzene rings is 1. The van der Waals surface area contributed by atoms with Gasteiger partial charge in [-0.05, 0) is 62.1 Å². The Morgan fingerprint density at radius 2 is 1.95 bits per heavy atom. The molecule has 212 valence electrons. The standard InChI is InChI=1S/C28H35F3N4O4/c1-3-17(26(38)23(37)11-16-7-8-16)12-22(36)21(14-25-32-15-33-35-25)34-27(28(2,30)31)18-9-10-20(29)24(13-18)39-19-5-4-6-19/h9-10,13,15-17,19,21,27,34H,3-8,11-12,14H2,1-2H3,(H,32,33,35)/t17-,21+,27+/m1/s1. The molecule has 11 heteroatoms. The van der Waals surface area contributed by atoms with E-state index in [1.54, 1.807) is 6.92 Å². The molecule has 0 aliphatic heterocycles. The first-order chi connectivity index (χ1) is 18.5. The van der Waals surface area contributed by atoms with E-state index in [2.05, 4.69) is 20.5 Å². The monoisotopic (exact) mass is 548 g/mol.